The third-order valence-corrected chi connectivity index (χ3v) is 5.83. The molecule has 3 heterocycles. The first kappa shape index (κ1) is 17.4. The van der Waals surface area contributed by atoms with Gasteiger partial charge in [0.05, 0.1) is 16.8 Å². The van der Waals surface area contributed by atoms with Gasteiger partial charge in [0, 0.05) is 28.7 Å². The predicted molar refractivity (Wildman–Crippen MR) is 102 cm³/mol. The number of pyridine rings is 1. The highest BCUT2D eigenvalue weighted by Gasteiger charge is 2.21. The Labute approximate surface area is 155 Å². The average Bonchev–Trinajstić information content (AvgIpc) is 3.08. The molecule has 1 aliphatic rings. The number of fused-ring (bicyclic) bond motifs is 1. The maximum atomic E-state index is 14.2. The Hall–Kier alpha value is -2.02. The van der Waals surface area contributed by atoms with E-state index in [9.17, 15) is 9.50 Å². The average molecular weight is 372 g/mol. The minimum Gasteiger partial charge on any atom is -0.488 e. The summed E-state index contributed by atoms with van der Waals surface area (Å²) < 4.78 is 21.5. The Morgan fingerprint density at radius 3 is 3.00 bits per heavy atom. The molecule has 0 spiro atoms. The lowest BCUT2D eigenvalue weighted by Gasteiger charge is -2.26. The SMILES string of the molecule is Cc1cc(F)cc(-c2ccnc3cc(CO)sc23)c1OC1CCCNC1. The van der Waals surface area contributed by atoms with Gasteiger partial charge in [-0.3, -0.25) is 4.98 Å². The number of aromatic nitrogens is 1. The van der Waals surface area contributed by atoms with Gasteiger partial charge in [0.25, 0.3) is 0 Å². The summed E-state index contributed by atoms with van der Waals surface area (Å²) in [7, 11) is 0. The van der Waals surface area contributed by atoms with Crippen LogP contribution in [0.2, 0.25) is 0 Å². The molecule has 1 atom stereocenters. The molecule has 0 aliphatic carbocycles. The van der Waals surface area contributed by atoms with Gasteiger partial charge in [-0.05, 0) is 56.1 Å². The molecule has 1 aliphatic heterocycles. The monoisotopic (exact) mass is 372 g/mol. The molecule has 1 aromatic carbocycles. The first-order valence-corrected chi connectivity index (χ1v) is 9.63. The van der Waals surface area contributed by atoms with Crippen LogP contribution in [0.3, 0.4) is 0 Å². The van der Waals surface area contributed by atoms with Gasteiger partial charge < -0.3 is 15.2 Å². The van der Waals surface area contributed by atoms with Crippen LogP contribution in [-0.4, -0.2) is 29.3 Å². The van der Waals surface area contributed by atoms with E-state index in [1.807, 2.05) is 19.1 Å². The van der Waals surface area contributed by atoms with Crippen molar-refractivity contribution >= 4 is 21.6 Å². The lowest BCUT2D eigenvalue weighted by Crippen LogP contribution is -2.37. The Bertz CT molecular complexity index is 935. The van der Waals surface area contributed by atoms with Gasteiger partial charge in [-0.15, -0.1) is 11.3 Å². The van der Waals surface area contributed by atoms with Crippen molar-refractivity contribution in [2.45, 2.75) is 32.5 Å². The molecular weight excluding hydrogens is 351 g/mol. The summed E-state index contributed by atoms with van der Waals surface area (Å²) in [6, 6.07) is 6.81. The van der Waals surface area contributed by atoms with Crippen LogP contribution in [0, 0.1) is 12.7 Å². The van der Waals surface area contributed by atoms with Crippen molar-refractivity contribution in [3.63, 3.8) is 0 Å². The Kier molecular flexibility index (Phi) is 4.89. The molecule has 0 saturated carbocycles. The summed E-state index contributed by atoms with van der Waals surface area (Å²) in [5.41, 5.74) is 3.23. The lowest BCUT2D eigenvalue weighted by molar-refractivity contribution is 0.166. The number of rotatable bonds is 4. The number of benzene rings is 1. The van der Waals surface area contributed by atoms with Crippen LogP contribution >= 0.6 is 11.3 Å². The molecule has 1 saturated heterocycles. The summed E-state index contributed by atoms with van der Waals surface area (Å²) in [6.45, 7) is 3.67. The van der Waals surface area contributed by atoms with Crippen LogP contribution in [0.1, 0.15) is 23.3 Å². The summed E-state index contributed by atoms with van der Waals surface area (Å²) in [5.74, 6) is 0.446. The number of hydrogen-bond acceptors (Lipinski definition) is 5. The second-order valence-corrected chi connectivity index (χ2v) is 7.77. The maximum absolute atomic E-state index is 14.2. The standard InChI is InChI=1S/C20H21FN2O2S/c1-12-7-13(21)8-17(19(12)25-14-3-2-5-22-10-14)16-4-6-23-18-9-15(11-24)26-20(16)18/h4,6-9,14,22,24H,2-3,5,10-11H2,1H3. The van der Waals surface area contributed by atoms with Crippen molar-refractivity contribution in [1.82, 2.24) is 10.3 Å². The van der Waals surface area contributed by atoms with Gasteiger partial charge >= 0.3 is 0 Å². The zero-order valence-corrected chi connectivity index (χ0v) is 15.4. The van der Waals surface area contributed by atoms with Crippen molar-refractivity contribution in [3.8, 4) is 16.9 Å². The molecule has 2 N–H and O–H groups in total. The molecule has 4 nitrogen and oxygen atoms in total. The number of aliphatic hydroxyl groups excluding tert-OH is 1. The first-order chi connectivity index (χ1) is 12.7. The highest BCUT2D eigenvalue weighted by atomic mass is 32.1. The van der Waals surface area contributed by atoms with Crippen LogP contribution in [0.15, 0.2) is 30.5 Å². The third-order valence-electron chi connectivity index (χ3n) is 4.68. The second-order valence-electron chi connectivity index (χ2n) is 6.63. The van der Waals surface area contributed by atoms with Crippen LogP contribution in [0.4, 0.5) is 4.39 Å². The van der Waals surface area contributed by atoms with E-state index in [-0.39, 0.29) is 18.5 Å². The van der Waals surface area contributed by atoms with Crippen molar-refractivity contribution in [2.24, 2.45) is 0 Å². The predicted octanol–water partition coefficient (Wildman–Crippen LogP) is 4.03. The Balaban J connectivity index is 1.84. The van der Waals surface area contributed by atoms with E-state index in [1.54, 1.807) is 6.20 Å². The van der Waals surface area contributed by atoms with Gasteiger partial charge in [-0.1, -0.05) is 0 Å². The Morgan fingerprint density at radius 1 is 1.35 bits per heavy atom. The molecular formula is C20H21FN2O2S. The fourth-order valence-corrected chi connectivity index (χ4v) is 4.45. The van der Waals surface area contributed by atoms with Gasteiger partial charge in [0.2, 0.25) is 0 Å². The minimum atomic E-state index is -0.282. The van der Waals surface area contributed by atoms with Crippen molar-refractivity contribution < 1.29 is 14.2 Å². The molecule has 3 aromatic rings. The van der Waals surface area contributed by atoms with E-state index in [1.165, 1.54) is 23.5 Å². The molecule has 1 fully saturated rings. The Morgan fingerprint density at radius 2 is 2.23 bits per heavy atom. The number of piperidine rings is 1. The summed E-state index contributed by atoms with van der Waals surface area (Å²) in [4.78, 5) is 5.22. The van der Waals surface area contributed by atoms with Gasteiger partial charge in [-0.2, -0.15) is 0 Å². The van der Waals surface area contributed by atoms with Gasteiger partial charge in [0.1, 0.15) is 17.7 Å². The van der Waals surface area contributed by atoms with Gasteiger partial charge in [0.15, 0.2) is 0 Å². The number of ether oxygens (including phenoxy) is 1. The topological polar surface area (TPSA) is 54.4 Å². The molecule has 0 amide bonds. The lowest BCUT2D eigenvalue weighted by atomic mass is 10.0. The fraction of sp³-hybridized carbons (Fsp3) is 0.350. The van der Waals surface area contributed by atoms with E-state index < -0.39 is 0 Å². The molecule has 4 rings (SSSR count). The van der Waals surface area contributed by atoms with Crippen LogP contribution < -0.4 is 10.1 Å². The van der Waals surface area contributed by atoms with E-state index in [0.29, 0.717) is 0 Å². The van der Waals surface area contributed by atoms with Crippen molar-refractivity contribution in [2.75, 3.05) is 13.1 Å². The molecule has 2 aromatic heterocycles. The van der Waals surface area contributed by atoms with E-state index in [0.717, 1.165) is 63.5 Å². The minimum absolute atomic E-state index is 0.0280. The molecule has 1 unspecified atom stereocenters. The number of nitrogens with zero attached hydrogens (tertiary/aromatic N) is 1. The number of aliphatic hydroxyl groups is 1. The van der Waals surface area contributed by atoms with E-state index in [4.69, 9.17) is 4.74 Å². The van der Waals surface area contributed by atoms with E-state index in [2.05, 4.69) is 10.3 Å². The maximum Gasteiger partial charge on any atom is 0.130 e. The number of halogens is 1. The summed E-state index contributed by atoms with van der Waals surface area (Å²) in [6.07, 6.45) is 3.87. The van der Waals surface area contributed by atoms with Crippen LogP contribution in [-0.2, 0) is 6.61 Å². The molecule has 26 heavy (non-hydrogen) atoms. The number of thiophene rings is 1. The molecule has 6 heteroatoms. The number of hydrogen-bond donors (Lipinski definition) is 2. The largest absolute Gasteiger partial charge is 0.488 e. The number of nitrogens with one attached hydrogen (secondary N) is 1. The number of aryl methyl sites for hydroxylation is 1. The molecule has 0 radical (unpaired) electrons. The molecule has 136 valence electrons. The highest BCUT2D eigenvalue weighted by Crippen LogP contribution is 2.40. The highest BCUT2D eigenvalue weighted by molar-refractivity contribution is 7.19. The van der Waals surface area contributed by atoms with E-state index >= 15 is 0 Å². The smallest absolute Gasteiger partial charge is 0.130 e. The van der Waals surface area contributed by atoms with Crippen molar-refractivity contribution in [1.29, 1.82) is 0 Å². The van der Waals surface area contributed by atoms with Gasteiger partial charge in [-0.25, -0.2) is 4.39 Å². The van der Waals surface area contributed by atoms with Crippen LogP contribution in [0.25, 0.3) is 21.3 Å². The normalized spacial score (nSPS) is 17.6. The second kappa shape index (κ2) is 7.31. The zero-order chi connectivity index (χ0) is 18.1. The van der Waals surface area contributed by atoms with Crippen molar-refractivity contribution in [3.05, 3.63) is 46.7 Å². The third kappa shape index (κ3) is 3.32. The van der Waals surface area contributed by atoms with Crippen LogP contribution in [0.5, 0.6) is 5.75 Å². The molecule has 0 bridgehead atoms. The first-order valence-electron chi connectivity index (χ1n) is 8.82. The summed E-state index contributed by atoms with van der Waals surface area (Å²) >= 11 is 1.48. The fourth-order valence-electron chi connectivity index (χ4n) is 3.45. The quantitative estimate of drug-likeness (QED) is 0.726. The summed E-state index contributed by atoms with van der Waals surface area (Å²) in [5, 5.41) is 12.8. The zero-order valence-electron chi connectivity index (χ0n) is 14.6.